The Hall–Kier alpha value is -1.37. The van der Waals surface area contributed by atoms with Crippen molar-refractivity contribution in [3.8, 4) is 0 Å². The van der Waals surface area contributed by atoms with E-state index in [4.69, 9.17) is 0 Å². The Bertz CT molecular complexity index is 226. The van der Waals surface area contributed by atoms with Crippen molar-refractivity contribution in [3.63, 3.8) is 0 Å². The molecule has 0 aromatic heterocycles. The standard InChI is InChI=1S/C11H14O.H2/c1-4-7-10(5-2)8-9-11(12)6-3;/h4-7H,1-3,8-9H2;1H/b10-7+;. The van der Waals surface area contributed by atoms with Gasteiger partial charge in [0.05, 0.1) is 0 Å². The van der Waals surface area contributed by atoms with Gasteiger partial charge in [0, 0.05) is 7.85 Å². The molecule has 0 aliphatic heterocycles. The van der Waals surface area contributed by atoms with Gasteiger partial charge in [-0.3, -0.25) is 4.79 Å². The van der Waals surface area contributed by atoms with Gasteiger partial charge in [-0.15, -0.1) is 0 Å². The van der Waals surface area contributed by atoms with E-state index in [0.29, 0.717) is 12.8 Å². The summed E-state index contributed by atoms with van der Waals surface area (Å²) in [5.74, 6) is 0.0619. The van der Waals surface area contributed by atoms with E-state index >= 15 is 0 Å². The van der Waals surface area contributed by atoms with Gasteiger partial charge >= 0.3 is 0 Å². The molecule has 0 bridgehead atoms. The number of rotatable bonds is 6. The topological polar surface area (TPSA) is 17.1 Å². The van der Waals surface area contributed by atoms with Crippen LogP contribution in [0.1, 0.15) is 14.3 Å². The van der Waals surface area contributed by atoms with Crippen LogP contribution in [0.5, 0.6) is 0 Å². The van der Waals surface area contributed by atoms with E-state index < -0.39 is 0 Å². The van der Waals surface area contributed by atoms with Crippen molar-refractivity contribution < 1.29 is 6.22 Å². The first-order valence-electron chi connectivity index (χ1n) is 3.84. The first-order chi connectivity index (χ1) is 5.74. The lowest BCUT2D eigenvalue weighted by atomic mass is 10.1. The highest BCUT2D eigenvalue weighted by atomic mass is 16.1. The molecule has 0 saturated heterocycles. The van der Waals surface area contributed by atoms with E-state index in [9.17, 15) is 4.79 Å². The third kappa shape index (κ3) is 4.45. The van der Waals surface area contributed by atoms with E-state index in [2.05, 4.69) is 19.7 Å². The SMILES string of the molecule is C=C/C=C(\C=C)CCC(=O)C=C.[HH]. The molecule has 0 rings (SSSR count). The molecule has 0 atom stereocenters. The van der Waals surface area contributed by atoms with Crippen LogP contribution in [0.25, 0.3) is 0 Å². The summed E-state index contributed by atoms with van der Waals surface area (Å²) in [4.78, 5) is 10.8. The molecule has 0 heterocycles. The summed E-state index contributed by atoms with van der Waals surface area (Å²) < 4.78 is 0. The van der Waals surface area contributed by atoms with Crippen molar-refractivity contribution in [1.29, 1.82) is 0 Å². The number of allylic oxidation sites excluding steroid dienone is 5. The van der Waals surface area contributed by atoms with E-state index in [1.54, 1.807) is 12.2 Å². The maximum absolute atomic E-state index is 10.8. The molecule has 0 aromatic carbocycles. The molecule has 0 N–H and O–H groups in total. The molecule has 12 heavy (non-hydrogen) atoms. The lowest BCUT2D eigenvalue weighted by Gasteiger charge is -1.97. The lowest BCUT2D eigenvalue weighted by Crippen LogP contribution is -1.91. The lowest BCUT2D eigenvalue weighted by molar-refractivity contribution is -0.114. The Morgan fingerprint density at radius 1 is 1.17 bits per heavy atom. The van der Waals surface area contributed by atoms with E-state index in [0.717, 1.165) is 5.57 Å². The molecule has 0 spiro atoms. The summed E-state index contributed by atoms with van der Waals surface area (Å²) in [6.07, 6.45) is 7.82. The smallest absolute Gasteiger partial charge is 0.155 e. The monoisotopic (exact) mass is 164 g/mol. The van der Waals surface area contributed by atoms with Crippen LogP contribution in [-0.2, 0) is 4.79 Å². The predicted molar refractivity (Wildman–Crippen MR) is 55.0 cm³/mol. The minimum Gasteiger partial charge on any atom is -0.295 e. The van der Waals surface area contributed by atoms with Crippen molar-refractivity contribution >= 4 is 5.78 Å². The van der Waals surface area contributed by atoms with Gasteiger partial charge in [-0.25, -0.2) is 0 Å². The number of carbonyl (C=O) groups is 1. The quantitative estimate of drug-likeness (QED) is 0.435. The zero-order chi connectivity index (χ0) is 9.40. The van der Waals surface area contributed by atoms with Crippen LogP contribution in [0.15, 0.2) is 49.6 Å². The van der Waals surface area contributed by atoms with Crippen LogP contribution in [-0.4, -0.2) is 5.78 Å². The first kappa shape index (κ1) is 10.6. The molecule has 0 saturated carbocycles. The van der Waals surface area contributed by atoms with Crippen LogP contribution < -0.4 is 0 Å². The number of ketones is 1. The van der Waals surface area contributed by atoms with Crippen LogP contribution in [0.3, 0.4) is 0 Å². The minimum absolute atomic E-state index is 0. The first-order valence-corrected chi connectivity index (χ1v) is 3.84. The third-order valence-corrected chi connectivity index (χ3v) is 1.48. The van der Waals surface area contributed by atoms with Gasteiger partial charge < -0.3 is 0 Å². The van der Waals surface area contributed by atoms with Crippen molar-refractivity contribution in [1.82, 2.24) is 0 Å². The van der Waals surface area contributed by atoms with Gasteiger partial charge in [0.15, 0.2) is 5.78 Å². The molecule has 66 valence electrons. The Morgan fingerprint density at radius 3 is 2.25 bits per heavy atom. The van der Waals surface area contributed by atoms with Crippen LogP contribution in [0.4, 0.5) is 0 Å². The number of hydrogen-bond donors (Lipinski definition) is 0. The van der Waals surface area contributed by atoms with Crippen molar-refractivity contribution in [2.45, 2.75) is 12.8 Å². The molecular weight excluding hydrogens is 148 g/mol. The summed E-state index contributed by atoms with van der Waals surface area (Å²) in [5, 5.41) is 0. The Balaban J connectivity index is 0. The molecule has 0 aliphatic carbocycles. The summed E-state index contributed by atoms with van der Waals surface area (Å²) in [6.45, 7) is 10.6. The maximum Gasteiger partial charge on any atom is 0.155 e. The van der Waals surface area contributed by atoms with Crippen LogP contribution >= 0.6 is 0 Å². The minimum atomic E-state index is 0. The highest BCUT2D eigenvalue weighted by molar-refractivity contribution is 5.89. The van der Waals surface area contributed by atoms with Crippen molar-refractivity contribution in [3.05, 3.63) is 49.6 Å². The fourth-order valence-electron chi connectivity index (χ4n) is 0.774. The Morgan fingerprint density at radius 2 is 1.83 bits per heavy atom. The molecule has 1 nitrogen and oxygen atoms in total. The average Bonchev–Trinajstić information content (AvgIpc) is 2.11. The number of carbonyl (C=O) groups excluding carboxylic acids is 1. The second kappa shape index (κ2) is 6.35. The summed E-state index contributed by atoms with van der Waals surface area (Å²) in [6, 6.07) is 0. The largest absolute Gasteiger partial charge is 0.295 e. The van der Waals surface area contributed by atoms with E-state index in [1.165, 1.54) is 6.08 Å². The van der Waals surface area contributed by atoms with Gasteiger partial charge in [-0.1, -0.05) is 38.0 Å². The van der Waals surface area contributed by atoms with E-state index in [-0.39, 0.29) is 7.21 Å². The average molecular weight is 164 g/mol. The zero-order valence-corrected chi connectivity index (χ0v) is 7.25. The van der Waals surface area contributed by atoms with Gasteiger partial charge in [-0.2, -0.15) is 0 Å². The Labute approximate surface area is 75.3 Å². The van der Waals surface area contributed by atoms with Crippen LogP contribution in [0.2, 0.25) is 0 Å². The fourth-order valence-corrected chi connectivity index (χ4v) is 0.774. The molecule has 0 fully saturated rings. The van der Waals surface area contributed by atoms with Crippen molar-refractivity contribution in [2.24, 2.45) is 0 Å². The molecular formula is C11H16O. The Kier molecular flexibility index (Phi) is 5.62. The zero-order valence-electron chi connectivity index (χ0n) is 7.25. The molecule has 0 unspecified atom stereocenters. The van der Waals surface area contributed by atoms with Gasteiger partial charge in [0.2, 0.25) is 0 Å². The second-order valence-corrected chi connectivity index (χ2v) is 2.35. The van der Waals surface area contributed by atoms with Gasteiger partial charge in [0.25, 0.3) is 0 Å². The molecule has 0 aliphatic rings. The van der Waals surface area contributed by atoms with E-state index in [1.807, 2.05) is 6.08 Å². The predicted octanol–water partition coefficient (Wildman–Crippen LogP) is 3.07. The summed E-state index contributed by atoms with van der Waals surface area (Å²) in [7, 11) is 0. The number of hydrogen-bond acceptors (Lipinski definition) is 1. The molecule has 0 amide bonds. The van der Waals surface area contributed by atoms with Gasteiger partial charge in [-0.05, 0) is 18.1 Å². The summed E-state index contributed by atoms with van der Waals surface area (Å²) in [5.41, 5.74) is 1.03. The highest BCUT2D eigenvalue weighted by Crippen LogP contribution is 2.06. The van der Waals surface area contributed by atoms with Crippen molar-refractivity contribution in [2.75, 3.05) is 0 Å². The highest BCUT2D eigenvalue weighted by Gasteiger charge is 1.96. The second-order valence-electron chi connectivity index (χ2n) is 2.35. The molecule has 1 heteroatoms. The maximum atomic E-state index is 10.8. The molecule has 0 radical (unpaired) electrons. The normalized spacial score (nSPS) is 10.5. The summed E-state index contributed by atoms with van der Waals surface area (Å²) >= 11 is 0. The van der Waals surface area contributed by atoms with Crippen LogP contribution in [0, 0.1) is 0 Å². The molecule has 0 aromatic rings. The fraction of sp³-hybridized carbons (Fsp3) is 0.182. The third-order valence-electron chi connectivity index (χ3n) is 1.48. The van der Waals surface area contributed by atoms with Gasteiger partial charge in [0.1, 0.15) is 0 Å².